The minimum Gasteiger partial charge on any atom is -0.369 e. The van der Waals surface area contributed by atoms with Gasteiger partial charge in [0.15, 0.2) is 5.96 Å². The van der Waals surface area contributed by atoms with E-state index in [1.54, 1.807) is 0 Å². The molecule has 21 heavy (non-hydrogen) atoms. The zero-order valence-electron chi connectivity index (χ0n) is 11.0. The molecule has 0 amide bonds. The number of rotatable bonds is 2. The van der Waals surface area contributed by atoms with Crippen molar-refractivity contribution in [2.75, 3.05) is 5.32 Å². The highest BCUT2D eigenvalue weighted by molar-refractivity contribution is 7.45. The van der Waals surface area contributed by atoms with Gasteiger partial charge in [0.05, 0.1) is 5.69 Å². The number of anilines is 1. The molecule has 0 radical (unpaired) electrons. The monoisotopic (exact) mass is 309 g/mol. The van der Waals surface area contributed by atoms with Gasteiger partial charge in [-0.2, -0.15) is 0 Å². The third-order valence-electron chi connectivity index (χ3n) is 2.05. The molecule has 0 fully saturated rings. The summed E-state index contributed by atoms with van der Waals surface area (Å²) < 4.78 is 8.88. The maximum Gasteiger partial charge on any atom is 0.466 e. The smallest absolute Gasteiger partial charge is 0.369 e. The third-order valence-corrected chi connectivity index (χ3v) is 2.05. The highest BCUT2D eigenvalue weighted by atomic mass is 31.2. The second-order valence-corrected chi connectivity index (χ2v) is 4.86. The van der Waals surface area contributed by atoms with Gasteiger partial charge >= 0.3 is 7.82 Å². The van der Waals surface area contributed by atoms with Crippen LogP contribution < -0.4 is 11.1 Å². The van der Waals surface area contributed by atoms with Gasteiger partial charge in [0.1, 0.15) is 0 Å². The lowest BCUT2D eigenvalue weighted by Gasteiger charge is -2.04. The first-order chi connectivity index (χ1) is 9.84. The fourth-order valence-electron chi connectivity index (χ4n) is 1.34. The van der Waals surface area contributed by atoms with Crippen molar-refractivity contribution in [3.05, 3.63) is 60.7 Å². The quantitative estimate of drug-likeness (QED) is 0.327. The lowest BCUT2D eigenvalue weighted by Crippen LogP contribution is -2.21. The van der Waals surface area contributed by atoms with Crippen molar-refractivity contribution in [3.63, 3.8) is 0 Å². The van der Waals surface area contributed by atoms with Gasteiger partial charge in [-0.1, -0.05) is 36.4 Å². The van der Waals surface area contributed by atoms with Gasteiger partial charge in [0.25, 0.3) is 0 Å². The van der Waals surface area contributed by atoms with E-state index in [1.807, 2.05) is 60.7 Å². The zero-order chi connectivity index (χ0) is 15.7. The van der Waals surface area contributed by atoms with Crippen LogP contribution in [0.1, 0.15) is 0 Å². The van der Waals surface area contributed by atoms with Crippen LogP contribution in [0.15, 0.2) is 65.7 Å². The number of phosphoric acid groups is 1. The SMILES string of the molecule is NC(=Nc1ccccc1)Nc1ccccc1.O=P(O)(O)O. The van der Waals surface area contributed by atoms with Crippen LogP contribution >= 0.6 is 7.82 Å². The molecule has 112 valence electrons. The van der Waals surface area contributed by atoms with Crippen LogP contribution in [-0.2, 0) is 4.57 Å². The second-order valence-electron chi connectivity index (χ2n) is 3.84. The first kappa shape index (κ1) is 16.9. The molecular weight excluding hydrogens is 293 g/mol. The molecule has 6 N–H and O–H groups in total. The van der Waals surface area contributed by atoms with Crippen LogP contribution in [0.5, 0.6) is 0 Å². The molecule has 2 aromatic rings. The van der Waals surface area contributed by atoms with E-state index in [2.05, 4.69) is 10.3 Å². The molecule has 2 aromatic carbocycles. The molecule has 0 saturated carbocycles. The zero-order valence-corrected chi connectivity index (χ0v) is 11.9. The van der Waals surface area contributed by atoms with E-state index >= 15 is 0 Å². The number of nitrogens with one attached hydrogen (secondary N) is 1. The minimum absolute atomic E-state index is 0.386. The summed E-state index contributed by atoms with van der Waals surface area (Å²) in [7, 11) is -4.64. The first-order valence-electron chi connectivity index (χ1n) is 5.84. The molecular formula is C13H16N3O4P. The van der Waals surface area contributed by atoms with Crippen LogP contribution in [0.2, 0.25) is 0 Å². The standard InChI is InChI=1S/C13H13N3.H3O4P/c14-13(15-11-7-3-1-4-8-11)16-12-9-5-2-6-10-12;1-5(2,3)4/h1-10H,(H3,14,15,16);(H3,1,2,3,4). The Kier molecular flexibility index (Phi) is 6.58. The van der Waals surface area contributed by atoms with Gasteiger partial charge in [0.2, 0.25) is 0 Å². The number of para-hydroxylation sites is 2. The molecule has 0 aliphatic rings. The molecule has 0 heterocycles. The van der Waals surface area contributed by atoms with E-state index in [-0.39, 0.29) is 0 Å². The summed E-state index contributed by atoms with van der Waals surface area (Å²) in [6, 6.07) is 19.3. The Hall–Kier alpha value is -2.18. The van der Waals surface area contributed by atoms with Crippen molar-refractivity contribution >= 4 is 25.2 Å². The van der Waals surface area contributed by atoms with Crippen LogP contribution in [0, 0.1) is 0 Å². The summed E-state index contributed by atoms with van der Waals surface area (Å²) in [4.78, 5) is 25.8. The molecule has 0 unspecified atom stereocenters. The van der Waals surface area contributed by atoms with Gasteiger partial charge in [0, 0.05) is 5.69 Å². The van der Waals surface area contributed by atoms with Crippen molar-refractivity contribution in [2.45, 2.75) is 0 Å². The fraction of sp³-hybridized carbons (Fsp3) is 0. The highest BCUT2D eigenvalue weighted by Crippen LogP contribution is 2.25. The predicted octanol–water partition coefficient (Wildman–Crippen LogP) is 1.82. The number of nitrogens with zero attached hydrogens (tertiary/aromatic N) is 1. The molecule has 2 rings (SSSR count). The summed E-state index contributed by atoms with van der Waals surface area (Å²) in [5.74, 6) is 0.386. The van der Waals surface area contributed by atoms with Gasteiger partial charge < -0.3 is 25.7 Å². The third kappa shape index (κ3) is 9.37. The summed E-state index contributed by atoms with van der Waals surface area (Å²) in [5.41, 5.74) is 7.54. The normalized spacial score (nSPS) is 11.3. The average Bonchev–Trinajstić information content (AvgIpc) is 2.39. The Morgan fingerprint density at radius 3 is 1.86 bits per heavy atom. The van der Waals surface area contributed by atoms with E-state index < -0.39 is 7.82 Å². The number of hydrogen-bond donors (Lipinski definition) is 5. The van der Waals surface area contributed by atoms with Gasteiger partial charge in [-0.15, -0.1) is 0 Å². The van der Waals surface area contributed by atoms with Crippen molar-refractivity contribution in [1.29, 1.82) is 0 Å². The van der Waals surface area contributed by atoms with Gasteiger partial charge in [-0.3, -0.25) is 0 Å². The van der Waals surface area contributed by atoms with Gasteiger partial charge in [-0.05, 0) is 24.3 Å². The molecule has 0 aliphatic carbocycles. The summed E-state index contributed by atoms with van der Waals surface area (Å²) in [6.07, 6.45) is 0. The molecule has 0 atom stereocenters. The highest BCUT2D eigenvalue weighted by Gasteiger charge is 2.00. The number of aliphatic imine (C=N–C) groups is 1. The topological polar surface area (TPSA) is 128 Å². The number of nitrogens with two attached hydrogens (primary N) is 1. The van der Waals surface area contributed by atoms with Crippen LogP contribution in [-0.4, -0.2) is 20.6 Å². The van der Waals surface area contributed by atoms with Crippen molar-refractivity contribution < 1.29 is 19.2 Å². The molecule has 0 spiro atoms. The van der Waals surface area contributed by atoms with Crippen molar-refractivity contribution in [2.24, 2.45) is 10.7 Å². The van der Waals surface area contributed by atoms with Crippen LogP contribution in [0.4, 0.5) is 11.4 Å². The maximum absolute atomic E-state index is 8.88. The number of guanidine groups is 1. The number of hydrogen-bond acceptors (Lipinski definition) is 2. The molecule has 0 aromatic heterocycles. The summed E-state index contributed by atoms with van der Waals surface area (Å²) in [5, 5.41) is 3.02. The summed E-state index contributed by atoms with van der Waals surface area (Å²) >= 11 is 0. The van der Waals surface area contributed by atoms with E-state index in [0.717, 1.165) is 11.4 Å². The Morgan fingerprint density at radius 1 is 0.952 bits per heavy atom. The molecule has 0 bridgehead atoms. The minimum atomic E-state index is -4.64. The van der Waals surface area contributed by atoms with E-state index in [4.69, 9.17) is 25.0 Å². The lowest BCUT2D eigenvalue weighted by atomic mass is 10.3. The fourth-order valence-corrected chi connectivity index (χ4v) is 1.34. The summed E-state index contributed by atoms with van der Waals surface area (Å²) in [6.45, 7) is 0. The lowest BCUT2D eigenvalue weighted by molar-refractivity contribution is 0.275. The second kappa shape index (κ2) is 8.18. The average molecular weight is 309 g/mol. The van der Waals surface area contributed by atoms with Crippen molar-refractivity contribution in [3.8, 4) is 0 Å². The molecule has 0 saturated heterocycles. The van der Waals surface area contributed by atoms with E-state index in [1.165, 1.54) is 0 Å². The van der Waals surface area contributed by atoms with Gasteiger partial charge in [-0.25, -0.2) is 9.56 Å². The molecule has 7 nitrogen and oxygen atoms in total. The van der Waals surface area contributed by atoms with Crippen LogP contribution in [0.25, 0.3) is 0 Å². The van der Waals surface area contributed by atoms with Crippen molar-refractivity contribution in [1.82, 2.24) is 0 Å². The largest absolute Gasteiger partial charge is 0.466 e. The van der Waals surface area contributed by atoms with Crippen LogP contribution in [0.3, 0.4) is 0 Å². The Labute approximate surface area is 122 Å². The number of benzene rings is 2. The molecule has 0 aliphatic heterocycles. The van der Waals surface area contributed by atoms with E-state index in [9.17, 15) is 0 Å². The first-order valence-corrected chi connectivity index (χ1v) is 7.40. The Morgan fingerprint density at radius 2 is 1.38 bits per heavy atom. The Balaban J connectivity index is 0.000000383. The Bertz CT molecular complexity index is 606. The molecule has 8 heteroatoms. The van der Waals surface area contributed by atoms with E-state index in [0.29, 0.717) is 5.96 Å². The predicted molar refractivity (Wildman–Crippen MR) is 82.1 cm³/mol. The maximum atomic E-state index is 8.88.